The maximum absolute atomic E-state index is 13.1. The first kappa shape index (κ1) is 23.7. The van der Waals surface area contributed by atoms with Crippen LogP contribution in [0.1, 0.15) is 52.8 Å². The van der Waals surface area contributed by atoms with Crippen LogP contribution in [0, 0.1) is 0 Å². The Bertz CT molecular complexity index is 1010. The SMILES string of the molecule is CCN(CC(=O)NC(C)C)Cc1nc2cc(S(=O)(=O)N3CCCCC3)ccc2n1CC. The molecule has 1 saturated heterocycles. The Kier molecular flexibility index (Phi) is 7.72. The van der Waals surface area contributed by atoms with Crippen LogP contribution in [0.5, 0.6) is 0 Å². The Balaban J connectivity index is 1.87. The van der Waals surface area contributed by atoms with E-state index in [2.05, 4.69) is 9.88 Å². The Morgan fingerprint density at radius 3 is 2.52 bits per heavy atom. The van der Waals surface area contributed by atoms with Crippen LogP contribution in [0.25, 0.3) is 11.0 Å². The van der Waals surface area contributed by atoms with Gasteiger partial charge in [-0.2, -0.15) is 4.31 Å². The van der Waals surface area contributed by atoms with Gasteiger partial charge in [-0.3, -0.25) is 9.69 Å². The van der Waals surface area contributed by atoms with Crippen molar-refractivity contribution in [3.05, 3.63) is 24.0 Å². The van der Waals surface area contributed by atoms with Crippen molar-refractivity contribution < 1.29 is 13.2 Å². The number of benzene rings is 1. The zero-order valence-electron chi connectivity index (χ0n) is 19.1. The molecule has 1 fully saturated rings. The highest BCUT2D eigenvalue weighted by atomic mass is 32.2. The normalized spacial score (nSPS) is 15.8. The molecule has 1 N–H and O–H groups in total. The number of likely N-dealkylation sites (N-methyl/N-ethyl adjacent to an activating group) is 1. The summed E-state index contributed by atoms with van der Waals surface area (Å²) in [4.78, 5) is 19.3. The molecule has 0 aliphatic carbocycles. The highest BCUT2D eigenvalue weighted by molar-refractivity contribution is 7.89. The van der Waals surface area contributed by atoms with Crippen molar-refractivity contribution in [2.75, 3.05) is 26.2 Å². The maximum Gasteiger partial charge on any atom is 0.243 e. The number of aromatic nitrogens is 2. The van der Waals surface area contributed by atoms with Crippen LogP contribution < -0.4 is 5.32 Å². The second kappa shape index (κ2) is 10.1. The summed E-state index contributed by atoms with van der Waals surface area (Å²) in [6.07, 6.45) is 2.90. The molecule has 31 heavy (non-hydrogen) atoms. The number of piperidine rings is 1. The lowest BCUT2D eigenvalue weighted by molar-refractivity contribution is -0.122. The van der Waals surface area contributed by atoms with Gasteiger partial charge in [0.2, 0.25) is 15.9 Å². The summed E-state index contributed by atoms with van der Waals surface area (Å²) in [5.74, 6) is 0.829. The topological polar surface area (TPSA) is 87.5 Å². The van der Waals surface area contributed by atoms with Gasteiger partial charge in [0.25, 0.3) is 0 Å². The molecule has 0 atom stereocenters. The number of nitrogens with one attached hydrogen (secondary N) is 1. The van der Waals surface area contributed by atoms with Crippen molar-refractivity contribution in [3.63, 3.8) is 0 Å². The molecule has 3 rings (SSSR count). The van der Waals surface area contributed by atoms with Crippen molar-refractivity contribution >= 4 is 27.0 Å². The van der Waals surface area contributed by atoms with Crippen LogP contribution in [-0.4, -0.2) is 65.3 Å². The third-order valence-electron chi connectivity index (χ3n) is 5.70. The third-order valence-corrected chi connectivity index (χ3v) is 7.59. The molecule has 1 amide bonds. The molecule has 0 spiro atoms. The van der Waals surface area contributed by atoms with E-state index < -0.39 is 10.0 Å². The van der Waals surface area contributed by atoms with Gasteiger partial charge in [-0.1, -0.05) is 13.3 Å². The van der Waals surface area contributed by atoms with E-state index in [1.807, 2.05) is 38.7 Å². The number of hydrogen-bond donors (Lipinski definition) is 1. The first-order valence-electron chi connectivity index (χ1n) is 11.3. The molecular formula is C22H35N5O3S. The Hall–Kier alpha value is -1.97. The highest BCUT2D eigenvalue weighted by Gasteiger charge is 2.27. The molecule has 1 aromatic carbocycles. The summed E-state index contributed by atoms with van der Waals surface area (Å²) >= 11 is 0. The average Bonchev–Trinajstić information content (AvgIpc) is 3.09. The standard InChI is InChI=1S/C22H35N5O3S/c1-5-25(16-22(28)23-17(3)4)15-21-24-19-14-18(10-11-20(19)27(21)6-2)31(29,30)26-12-8-7-9-13-26/h10-11,14,17H,5-9,12-13,15-16H2,1-4H3,(H,23,28). The van der Waals surface area contributed by atoms with E-state index in [9.17, 15) is 13.2 Å². The summed E-state index contributed by atoms with van der Waals surface area (Å²) in [5.41, 5.74) is 1.59. The van der Waals surface area contributed by atoms with E-state index in [4.69, 9.17) is 4.98 Å². The number of hydrogen-bond acceptors (Lipinski definition) is 5. The lowest BCUT2D eigenvalue weighted by atomic mass is 10.2. The first-order chi connectivity index (χ1) is 14.8. The van der Waals surface area contributed by atoms with Gasteiger partial charge in [-0.15, -0.1) is 0 Å². The zero-order valence-corrected chi connectivity index (χ0v) is 19.9. The van der Waals surface area contributed by atoms with Crippen LogP contribution in [0.3, 0.4) is 0 Å². The number of fused-ring (bicyclic) bond motifs is 1. The van der Waals surface area contributed by atoms with Crippen molar-refractivity contribution in [1.29, 1.82) is 0 Å². The molecule has 0 saturated carbocycles. The van der Waals surface area contributed by atoms with Crippen molar-refractivity contribution in [2.45, 2.75) is 71.0 Å². The van der Waals surface area contributed by atoms with E-state index in [0.717, 1.165) is 37.1 Å². The lowest BCUT2D eigenvalue weighted by Crippen LogP contribution is -2.40. The van der Waals surface area contributed by atoms with Crippen LogP contribution in [0.2, 0.25) is 0 Å². The van der Waals surface area contributed by atoms with Crippen LogP contribution in [0.4, 0.5) is 0 Å². The van der Waals surface area contributed by atoms with Gasteiger partial charge >= 0.3 is 0 Å². The van der Waals surface area contributed by atoms with Gasteiger partial charge in [-0.05, 0) is 58.4 Å². The van der Waals surface area contributed by atoms with E-state index in [1.165, 1.54) is 0 Å². The summed E-state index contributed by atoms with van der Waals surface area (Å²) in [5, 5.41) is 2.92. The molecule has 172 valence electrons. The Labute approximate surface area is 185 Å². The number of rotatable bonds is 9. The second-order valence-electron chi connectivity index (χ2n) is 8.41. The molecule has 1 aliphatic heterocycles. The number of aryl methyl sites for hydroxylation is 1. The minimum Gasteiger partial charge on any atom is -0.353 e. The summed E-state index contributed by atoms with van der Waals surface area (Å²) in [6.45, 7) is 11.4. The van der Waals surface area contributed by atoms with Gasteiger partial charge < -0.3 is 9.88 Å². The number of carbonyl (C=O) groups is 1. The molecular weight excluding hydrogens is 414 g/mol. The molecule has 0 unspecified atom stereocenters. The zero-order chi connectivity index (χ0) is 22.6. The van der Waals surface area contributed by atoms with E-state index in [-0.39, 0.29) is 11.9 Å². The number of carbonyl (C=O) groups excluding carboxylic acids is 1. The fraction of sp³-hybridized carbons (Fsp3) is 0.636. The highest BCUT2D eigenvalue weighted by Crippen LogP contribution is 2.25. The largest absolute Gasteiger partial charge is 0.353 e. The van der Waals surface area contributed by atoms with E-state index >= 15 is 0 Å². The number of imidazole rings is 1. The van der Waals surface area contributed by atoms with Gasteiger partial charge in [-0.25, -0.2) is 13.4 Å². The lowest BCUT2D eigenvalue weighted by Gasteiger charge is -2.25. The minimum atomic E-state index is -3.50. The van der Waals surface area contributed by atoms with Gasteiger partial charge in [0.15, 0.2) is 0 Å². The van der Waals surface area contributed by atoms with Crippen LogP contribution in [0.15, 0.2) is 23.1 Å². The Morgan fingerprint density at radius 1 is 1.19 bits per heavy atom. The fourth-order valence-electron chi connectivity index (χ4n) is 4.10. The monoisotopic (exact) mass is 449 g/mol. The van der Waals surface area contributed by atoms with Crippen molar-refractivity contribution in [2.24, 2.45) is 0 Å². The summed E-state index contributed by atoms with van der Waals surface area (Å²) in [6, 6.07) is 5.34. The molecule has 0 radical (unpaired) electrons. The molecule has 1 aliphatic rings. The fourth-order valence-corrected chi connectivity index (χ4v) is 5.64. The number of amides is 1. The Morgan fingerprint density at radius 2 is 1.90 bits per heavy atom. The van der Waals surface area contributed by atoms with Gasteiger partial charge in [0.05, 0.1) is 29.0 Å². The third kappa shape index (κ3) is 5.45. The second-order valence-corrected chi connectivity index (χ2v) is 10.4. The van der Waals surface area contributed by atoms with E-state index in [1.54, 1.807) is 16.4 Å². The molecule has 9 heteroatoms. The molecule has 2 heterocycles. The summed E-state index contributed by atoms with van der Waals surface area (Å²) in [7, 11) is -3.50. The quantitative estimate of drug-likeness (QED) is 0.636. The van der Waals surface area contributed by atoms with Crippen LogP contribution >= 0.6 is 0 Å². The molecule has 2 aromatic rings. The molecule has 8 nitrogen and oxygen atoms in total. The minimum absolute atomic E-state index is 0.00841. The van der Waals surface area contributed by atoms with Crippen molar-refractivity contribution in [1.82, 2.24) is 24.1 Å². The van der Waals surface area contributed by atoms with Crippen LogP contribution in [-0.2, 0) is 27.9 Å². The number of sulfonamides is 1. The predicted octanol–water partition coefficient (Wildman–Crippen LogP) is 2.58. The van der Waals surface area contributed by atoms with Crippen molar-refractivity contribution in [3.8, 4) is 0 Å². The average molecular weight is 450 g/mol. The molecule has 0 bridgehead atoms. The van der Waals surface area contributed by atoms with Gasteiger partial charge in [0.1, 0.15) is 5.82 Å². The summed E-state index contributed by atoms with van der Waals surface area (Å²) < 4.78 is 29.8. The first-order valence-corrected chi connectivity index (χ1v) is 12.7. The van der Waals surface area contributed by atoms with Gasteiger partial charge in [0, 0.05) is 25.7 Å². The smallest absolute Gasteiger partial charge is 0.243 e. The number of nitrogens with zero attached hydrogens (tertiary/aromatic N) is 4. The van der Waals surface area contributed by atoms with E-state index in [0.29, 0.717) is 43.1 Å². The predicted molar refractivity (Wildman–Crippen MR) is 122 cm³/mol. The molecule has 1 aromatic heterocycles. The maximum atomic E-state index is 13.1.